The normalized spacial score (nSPS) is 19.8. The number of nitrogens with two attached hydrogens (primary N) is 1. The molecule has 6 heteroatoms. The number of carbonyl (C=O) groups is 1. The number of hydrogen-bond donors (Lipinski definition) is 2. The number of hydrogen-bond acceptors (Lipinski definition) is 5. The largest absolute Gasteiger partial charge is 0.491 e. The van der Waals surface area contributed by atoms with Crippen molar-refractivity contribution < 1.29 is 24.1 Å². The van der Waals surface area contributed by atoms with Crippen molar-refractivity contribution >= 4 is 5.97 Å². The fourth-order valence-electron chi connectivity index (χ4n) is 2.12. The summed E-state index contributed by atoms with van der Waals surface area (Å²) in [6.07, 6.45) is 1.68. The van der Waals surface area contributed by atoms with Crippen molar-refractivity contribution in [3.05, 3.63) is 18.2 Å². The molecule has 1 unspecified atom stereocenters. The molecular weight excluding hydrogens is 250 g/mol. The molecule has 0 spiro atoms. The quantitative estimate of drug-likeness (QED) is 0.824. The van der Waals surface area contributed by atoms with Crippen LogP contribution in [-0.4, -0.2) is 30.0 Å². The Morgan fingerprint density at radius 1 is 1.42 bits per heavy atom. The van der Waals surface area contributed by atoms with Gasteiger partial charge in [-0.25, -0.2) is 0 Å². The van der Waals surface area contributed by atoms with Gasteiger partial charge in [-0.15, -0.1) is 0 Å². The van der Waals surface area contributed by atoms with Crippen molar-refractivity contribution in [3.63, 3.8) is 0 Å². The van der Waals surface area contributed by atoms with Gasteiger partial charge in [0.05, 0.1) is 0 Å². The van der Waals surface area contributed by atoms with E-state index in [9.17, 15) is 9.90 Å². The van der Waals surface area contributed by atoms with E-state index in [4.69, 9.17) is 19.9 Å². The highest BCUT2D eigenvalue weighted by atomic mass is 16.7. The van der Waals surface area contributed by atoms with Gasteiger partial charge in [0.2, 0.25) is 6.79 Å². The van der Waals surface area contributed by atoms with Gasteiger partial charge in [0, 0.05) is 6.07 Å². The fourth-order valence-corrected chi connectivity index (χ4v) is 2.12. The molecule has 0 aromatic heterocycles. The van der Waals surface area contributed by atoms with Crippen LogP contribution >= 0.6 is 0 Å². The molecule has 6 nitrogen and oxygen atoms in total. The highest BCUT2D eigenvalue weighted by Gasteiger charge is 2.49. The van der Waals surface area contributed by atoms with Gasteiger partial charge < -0.3 is 25.1 Å². The van der Waals surface area contributed by atoms with Gasteiger partial charge >= 0.3 is 5.97 Å². The van der Waals surface area contributed by atoms with E-state index in [1.807, 2.05) is 0 Å². The van der Waals surface area contributed by atoms with Crippen LogP contribution in [0.1, 0.15) is 12.8 Å². The van der Waals surface area contributed by atoms with Crippen LogP contribution < -0.4 is 19.9 Å². The second-order valence-electron chi connectivity index (χ2n) is 4.92. The third kappa shape index (κ3) is 2.19. The summed E-state index contributed by atoms with van der Waals surface area (Å²) in [6, 6.07) is 5.12. The molecule has 2 aliphatic rings. The first-order chi connectivity index (χ1) is 9.09. The van der Waals surface area contributed by atoms with Crippen molar-refractivity contribution in [1.82, 2.24) is 0 Å². The van der Waals surface area contributed by atoms with E-state index in [0.29, 0.717) is 17.2 Å². The Morgan fingerprint density at radius 2 is 2.16 bits per heavy atom. The Kier molecular flexibility index (Phi) is 2.74. The molecule has 0 saturated heterocycles. The SMILES string of the molecule is NC(COc1ccc2c(c1)OCO2)(C(=O)O)C1CC1. The van der Waals surface area contributed by atoms with Crippen molar-refractivity contribution in [3.8, 4) is 17.2 Å². The van der Waals surface area contributed by atoms with Gasteiger partial charge in [-0.1, -0.05) is 0 Å². The van der Waals surface area contributed by atoms with E-state index in [2.05, 4.69) is 0 Å². The molecule has 0 amide bonds. The third-order valence-corrected chi connectivity index (χ3v) is 3.53. The summed E-state index contributed by atoms with van der Waals surface area (Å²) in [5.41, 5.74) is 4.62. The standard InChI is InChI=1S/C13H15NO5/c14-13(12(15)16,8-1-2-8)6-17-9-3-4-10-11(5-9)19-7-18-10/h3-5,8H,1-2,6-7,14H2,(H,15,16). The molecule has 19 heavy (non-hydrogen) atoms. The molecule has 1 heterocycles. The van der Waals surface area contributed by atoms with Crippen LogP contribution in [0.15, 0.2) is 18.2 Å². The van der Waals surface area contributed by atoms with Crippen molar-refractivity contribution in [1.29, 1.82) is 0 Å². The van der Waals surface area contributed by atoms with E-state index in [1.165, 1.54) is 0 Å². The van der Waals surface area contributed by atoms with E-state index in [-0.39, 0.29) is 19.3 Å². The molecule has 1 aromatic rings. The topological polar surface area (TPSA) is 91.0 Å². The van der Waals surface area contributed by atoms with Crippen LogP contribution in [0.4, 0.5) is 0 Å². The number of aliphatic carboxylic acids is 1. The Bertz CT molecular complexity index is 514. The average molecular weight is 265 g/mol. The highest BCUT2D eigenvalue weighted by molar-refractivity contribution is 5.79. The van der Waals surface area contributed by atoms with Gasteiger partial charge in [-0.05, 0) is 30.9 Å². The molecular formula is C13H15NO5. The first-order valence-electron chi connectivity index (χ1n) is 6.14. The lowest BCUT2D eigenvalue weighted by Gasteiger charge is -2.24. The molecule has 1 aromatic carbocycles. The van der Waals surface area contributed by atoms with E-state index < -0.39 is 11.5 Å². The van der Waals surface area contributed by atoms with Crippen LogP contribution in [0.5, 0.6) is 17.2 Å². The predicted octanol–water partition coefficient (Wildman–Crippen LogP) is 0.986. The van der Waals surface area contributed by atoms with Crippen LogP contribution in [0, 0.1) is 5.92 Å². The maximum absolute atomic E-state index is 11.3. The summed E-state index contributed by atoms with van der Waals surface area (Å²) in [6.45, 7) is 0.142. The Hall–Kier alpha value is -1.95. The smallest absolute Gasteiger partial charge is 0.327 e. The first-order valence-corrected chi connectivity index (χ1v) is 6.14. The van der Waals surface area contributed by atoms with Gasteiger partial charge in [0.25, 0.3) is 0 Å². The van der Waals surface area contributed by atoms with Crippen LogP contribution in [0.25, 0.3) is 0 Å². The average Bonchev–Trinajstić information content (AvgIpc) is 3.14. The molecule has 1 aliphatic heterocycles. The van der Waals surface area contributed by atoms with Crippen molar-refractivity contribution in [2.24, 2.45) is 11.7 Å². The van der Waals surface area contributed by atoms with Crippen molar-refractivity contribution in [2.75, 3.05) is 13.4 Å². The summed E-state index contributed by atoms with van der Waals surface area (Å²) in [7, 11) is 0. The lowest BCUT2D eigenvalue weighted by Crippen LogP contribution is -2.54. The number of carboxylic acid groups (broad SMARTS) is 1. The molecule has 3 rings (SSSR count). The number of rotatable bonds is 5. The summed E-state index contributed by atoms with van der Waals surface area (Å²) in [5, 5.41) is 9.23. The fraction of sp³-hybridized carbons (Fsp3) is 0.462. The summed E-state index contributed by atoms with van der Waals surface area (Å²) in [4.78, 5) is 11.3. The van der Waals surface area contributed by atoms with Crippen molar-refractivity contribution in [2.45, 2.75) is 18.4 Å². The van der Waals surface area contributed by atoms with Gasteiger partial charge in [0.1, 0.15) is 12.4 Å². The minimum Gasteiger partial charge on any atom is -0.491 e. The Balaban J connectivity index is 1.70. The Labute approximate surface area is 110 Å². The highest BCUT2D eigenvalue weighted by Crippen LogP contribution is 2.39. The van der Waals surface area contributed by atoms with Crippen LogP contribution in [0.2, 0.25) is 0 Å². The molecule has 0 bridgehead atoms. The van der Waals surface area contributed by atoms with E-state index >= 15 is 0 Å². The molecule has 1 aliphatic carbocycles. The third-order valence-electron chi connectivity index (χ3n) is 3.53. The Morgan fingerprint density at radius 3 is 2.84 bits per heavy atom. The van der Waals surface area contributed by atoms with Gasteiger partial charge in [0.15, 0.2) is 17.0 Å². The second-order valence-corrected chi connectivity index (χ2v) is 4.92. The summed E-state index contributed by atoms with van der Waals surface area (Å²) < 4.78 is 15.9. The lowest BCUT2D eigenvalue weighted by atomic mass is 9.96. The molecule has 102 valence electrons. The molecule has 3 N–H and O–H groups in total. The summed E-state index contributed by atoms with van der Waals surface area (Å²) in [5.74, 6) is 0.768. The van der Waals surface area contributed by atoms with Gasteiger partial charge in [-0.3, -0.25) is 4.79 Å². The summed E-state index contributed by atoms with van der Waals surface area (Å²) >= 11 is 0. The molecule has 0 radical (unpaired) electrons. The van der Waals surface area contributed by atoms with E-state index in [0.717, 1.165) is 12.8 Å². The molecule has 1 fully saturated rings. The lowest BCUT2D eigenvalue weighted by molar-refractivity contribution is -0.145. The minimum atomic E-state index is -1.31. The maximum Gasteiger partial charge on any atom is 0.327 e. The predicted molar refractivity (Wildman–Crippen MR) is 65.3 cm³/mol. The number of benzene rings is 1. The number of ether oxygens (including phenoxy) is 3. The molecule has 1 atom stereocenters. The minimum absolute atomic E-state index is 0.000916. The number of carboxylic acids is 1. The van der Waals surface area contributed by atoms with Gasteiger partial charge in [-0.2, -0.15) is 0 Å². The maximum atomic E-state index is 11.3. The first kappa shape index (κ1) is 12.1. The zero-order valence-electron chi connectivity index (χ0n) is 10.3. The number of fused-ring (bicyclic) bond motifs is 1. The zero-order valence-corrected chi connectivity index (χ0v) is 10.3. The molecule has 1 saturated carbocycles. The monoisotopic (exact) mass is 265 g/mol. The second kappa shape index (κ2) is 4.31. The van der Waals surface area contributed by atoms with Crippen LogP contribution in [0.3, 0.4) is 0 Å². The zero-order chi connectivity index (χ0) is 13.5. The van der Waals surface area contributed by atoms with E-state index in [1.54, 1.807) is 18.2 Å². The van der Waals surface area contributed by atoms with Crippen LogP contribution in [-0.2, 0) is 4.79 Å².